The Labute approximate surface area is 108 Å². The molecular weight excluding hydrogens is 230 g/mol. The Morgan fingerprint density at radius 1 is 1.44 bits per heavy atom. The third-order valence-electron chi connectivity index (χ3n) is 2.75. The summed E-state index contributed by atoms with van der Waals surface area (Å²) in [5.74, 6) is 0.604. The average molecular weight is 251 g/mol. The lowest BCUT2D eigenvalue weighted by Crippen LogP contribution is -2.12. The number of anilines is 1. The number of benzene rings is 1. The zero-order valence-electron chi connectivity index (χ0n) is 11.2. The monoisotopic (exact) mass is 251 g/mol. The molecule has 1 rings (SSSR count). The van der Waals surface area contributed by atoms with Gasteiger partial charge in [-0.2, -0.15) is 0 Å². The van der Waals surface area contributed by atoms with E-state index in [-0.39, 0.29) is 5.97 Å². The highest BCUT2D eigenvalue weighted by molar-refractivity contribution is 5.91. The summed E-state index contributed by atoms with van der Waals surface area (Å²) < 4.78 is 10.3. The van der Waals surface area contributed by atoms with Crippen LogP contribution in [0.1, 0.15) is 37.0 Å². The van der Waals surface area contributed by atoms with E-state index in [4.69, 9.17) is 15.2 Å². The predicted octanol–water partition coefficient (Wildman–Crippen LogP) is 2.87. The van der Waals surface area contributed by atoms with Gasteiger partial charge in [0.15, 0.2) is 0 Å². The van der Waals surface area contributed by atoms with E-state index in [2.05, 4.69) is 13.8 Å². The van der Waals surface area contributed by atoms with Gasteiger partial charge in [-0.3, -0.25) is 0 Å². The van der Waals surface area contributed by atoms with Crippen LogP contribution in [-0.4, -0.2) is 19.7 Å². The molecule has 0 saturated carbocycles. The van der Waals surface area contributed by atoms with Gasteiger partial charge in [-0.05, 0) is 30.5 Å². The minimum atomic E-state index is -0.340. The summed E-state index contributed by atoms with van der Waals surface area (Å²) in [6, 6.07) is 4.90. The first-order chi connectivity index (χ1) is 8.58. The van der Waals surface area contributed by atoms with Crippen LogP contribution >= 0.6 is 0 Å². The number of nitrogen functional groups attached to an aromatic ring is 1. The normalized spacial score (nSPS) is 11.9. The lowest BCUT2D eigenvalue weighted by molar-refractivity contribution is 0.0443. The molecule has 1 aromatic rings. The van der Waals surface area contributed by atoms with Crippen molar-refractivity contribution in [2.45, 2.75) is 26.7 Å². The molecule has 0 aromatic heterocycles. The first-order valence-corrected chi connectivity index (χ1v) is 6.19. The Hall–Kier alpha value is -1.71. The van der Waals surface area contributed by atoms with Gasteiger partial charge < -0.3 is 15.2 Å². The molecule has 0 radical (unpaired) electrons. The van der Waals surface area contributed by atoms with E-state index in [0.717, 1.165) is 12.8 Å². The van der Waals surface area contributed by atoms with Gasteiger partial charge in [-0.15, -0.1) is 0 Å². The molecule has 18 heavy (non-hydrogen) atoms. The summed E-state index contributed by atoms with van der Waals surface area (Å²) in [6.45, 7) is 4.63. The lowest BCUT2D eigenvalue weighted by Gasteiger charge is -2.11. The molecule has 0 spiro atoms. The minimum absolute atomic E-state index is 0.340. The van der Waals surface area contributed by atoms with E-state index < -0.39 is 0 Å². The molecule has 1 atom stereocenters. The van der Waals surface area contributed by atoms with E-state index in [1.54, 1.807) is 18.2 Å². The molecule has 0 saturated heterocycles. The van der Waals surface area contributed by atoms with Crippen molar-refractivity contribution in [3.8, 4) is 5.75 Å². The van der Waals surface area contributed by atoms with Crippen LogP contribution in [0, 0.1) is 5.92 Å². The molecule has 0 heterocycles. The predicted molar refractivity (Wildman–Crippen MR) is 71.8 cm³/mol. The molecular formula is C14H21NO3. The average Bonchev–Trinajstić information content (AvgIpc) is 2.36. The maximum Gasteiger partial charge on any atom is 0.338 e. The second kappa shape index (κ2) is 6.89. The lowest BCUT2D eigenvalue weighted by atomic mass is 10.1. The van der Waals surface area contributed by atoms with Crippen LogP contribution in [0.25, 0.3) is 0 Å². The van der Waals surface area contributed by atoms with E-state index in [0.29, 0.717) is 29.5 Å². The molecule has 0 bridgehead atoms. The van der Waals surface area contributed by atoms with Crippen molar-refractivity contribution in [3.05, 3.63) is 23.8 Å². The molecule has 4 heteroatoms. The molecule has 0 aliphatic rings. The standard InChI is InChI=1S/C14H21NO3/c1-4-5-10(2)9-18-14(16)11-6-7-13(17-3)12(15)8-11/h6-8,10H,4-5,9,15H2,1-3H3. The van der Waals surface area contributed by atoms with Gasteiger partial charge in [-0.1, -0.05) is 20.3 Å². The maximum absolute atomic E-state index is 11.8. The highest BCUT2D eigenvalue weighted by atomic mass is 16.5. The molecule has 4 nitrogen and oxygen atoms in total. The Morgan fingerprint density at radius 2 is 2.17 bits per heavy atom. The van der Waals surface area contributed by atoms with Gasteiger partial charge in [0, 0.05) is 0 Å². The summed E-state index contributed by atoms with van der Waals surface area (Å²) >= 11 is 0. The largest absolute Gasteiger partial charge is 0.495 e. The van der Waals surface area contributed by atoms with Gasteiger partial charge >= 0.3 is 5.97 Å². The molecule has 0 aliphatic heterocycles. The van der Waals surface area contributed by atoms with E-state index in [1.807, 2.05) is 0 Å². The number of esters is 1. The van der Waals surface area contributed by atoms with Crippen molar-refractivity contribution in [1.82, 2.24) is 0 Å². The zero-order chi connectivity index (χ0) is 13.5. The first-order valence-electron chi connectivity index (χ1n) is 6.19. The van der Waals surface area contributed by atoms with Crippen molar-refractivity contribution >= 4 is 11.7 Å². The zero-order valence-corrected chi connectivity index (χ0v) is 11.2. The highest BCUT2D eigenvalue weighted by Crippen LogP contribution is 2.22. The quantitative estimate of drug-likeness (QED) is 0.623. The summed E-state index contributed by atoms with van der Waals surface area (Å²) in [7, 11) is 1.54. The smallest absolute Gasteiger partial charge is 0.338 e. The number of rotatable bonds is 6. The van der Waals surface area contributed by atoms with Crippen molar-refractivity contribution in [1.29, 1.82) is 0 Å². The third kappa shape index (κ3) is 3.95. The van der Waals surface area contributed by atoms with E-state index in [9.17, 15) is 4.79 Å². The van der Waals surface area contributed by atoms with Crippen molar-refractivity contribution in [2.75, 3.05) is 19.5 Å². The first kappa shape index (κ1) is 14.4. The number of hydrogen-bond acceptors (Lipinski definition) is 4. The minimum Gasteiger partial charge on any atom is -0.495 e. The number of methoxy groups -OCH3 is 1. The van der Waals surface area contributed by atoms with Crippen LogP contribution < -0.4 is 10.5 Å². The summed E-state index contributed by atoms with van der Waals surface area (Å²) in [5, 5.41) is 0. The van der Waals surface area contributed by atoms with Crippen molar-refractivity contribution in [2.24, 2.45) is 5.92 Å². The van der Waals surface area contributed by atoms with Crippen LogP contribution in [0.5, 0.6) is 5.75 Å². The van der Waals surface area contributed by atoms with Crippen LogP contribution in [-0.2, 0) is 4.74 Å². The molecule has 0 fully saturated rings. The fourth-order valence-electron chi connectivity index (χ4n) is 1.74. The number of hydrogen-bond donors (Lipinski definition) is 1. The summed E-state index contributed by atoms with van der Waals surface area (Å²) in [6.07, 6.45) is 2.15. The molecule has 1 unspecified atom stereocenters. The highest BCUT2D eigenvalue weighted by Gasteiger charge is 2.11. The van der Waals surface area contributed by atoms with Gasteiger partial charge in [0.1, 0.15) is 5.75 Å². The Morgan fingerprint density at radius 3 is 2.72 bits per heavy atom. The van der Waals surface area contributed by atoms with Crippen LogP contribution in [0.3, 0.4) is 0 Å². The second-order valence-corrected chi connectivity index (χ2v) is 4.45. The van der Waals surface area contributed by atoms with Crippen molar-refractivity contribution in [3.63, 3.8) is 0 Å². The number of carbonyl (C=O) groups excluding carboxylic acids is 1. The SMILES string of the molecule is CCCC(C)COC(=O)c1ccc(OC)c(N)c1. The number of carbonyl (C=O) groups is 1. The topological polar surface area (TPSA) is 61.5 Å². The Balaban J connectivity index is 2.59. The van der Waals surface area contributed by atoms with Gasteiger partial charge in [0.2, 0.25) is 0 Å². The van der Waals surface area contributed by atoms with Gasteiger partial charge in [-0.25, -0.2) is 4.79 Å². The Bertz CT molecular complexity index is 404. The summed E-state index contributed by atoms with van der Waals surface area (Å²) in [4.78, 5) is 11.8. The van der Waals surface area contributed by atoms with Crippen LogP contribution in [0.4, 0.5) is 5.69 Å². The van der Waals surface area contributed by atoms with Crippen molar-refractivity contribution < 1.29 is 14.3 Å². The molecule has 2 N–H and O–H groups in total. The molecule has 100 valence electrons. The maximum atomic E-state index is 11.8. The number of nitrogens with two attached hydrogens (primary N) is 1. The molecule has 0 aliphatic carbocycles. The fourth-order valence-corrected chi connectivity index (χ4v) is 1.74. The van der Waals surface area contributed by atoms with E-state index >= 15 is 0 Å². The van der Waals surface area contributed by atoms with Crippen LogP contribution in [0.15, 0.2) is 18.2 Å². The third-order valence-corrected chi connectivity index (χ3v) is 2.75. The van der Waals surface area contributed by atoms with Crippen LogP contribution in [0.2, 0.25) is 0 Å². The van der Waals surface area contributed by atoms with Gasteiger partial charge in [0.05, 0.1) is 25.0 Å². The van der Waals surface area contributed by atoms with Gasteiger partial charge in [0.25, 0.3) is 0 Å². The summed E-state index contributed by atoms with van der Waals surface area (Å²) in [5.41, 5.74) is 6.63. The van der Waals surface area contributed by atoms with E-state index in [1.165, 1.54) is 7.11 Å². The second-order valence-electron chi connectivity index (χ2n) is 4.45. The molecule has 1 aromatic carbocycles. The fraction of sp³-hybridized carbons (Fsp3) is 0.500. The number of ether oxygens (including phenoxy) is 2. The molecule has 0 amide bonds. The Kier molecular flexibility index (Phi) is 5.49.